The SMILES string of the molecule is CC(C)Cc1nc(SCC(=O)O)c2ccc(Cl)cc2n1. The Kier molecular flexibility index (Phi) is 4.83. The van der Waals surface area contributed by atoms with E-state index in [1.807, 2.05) is 6.07 Å². The van der Waals surface area contributed by atoms with Gasteiger partial charge >= 0.3 is 5.97 Å². The van der Waals surface area contributed by atoms with E-state index in [9.17, 15) is 4.79 Å². The van der Waals surface area contributed by atoms with Crippen molar-refractivity contribution in [2.75, 3.05) is 5.75 Å². The van der Waals surface area contributed by atoms with Gasteiger partial charge in [-0.3, -0.25) is 4.79 Å². The molecule has 0 unspecified atom stereocenters. The number of hydrogen-bond acceptors (Lipinski definition) is 4. The van der Waals surface area contributed by atoms with E-state index in [1.165, 1.54) is 11.8 Å². The number of rotatable bonds is 5. The van der Waals surface area contributed by atoms with Gasteiger partial charge in [0.2, 0.25) is 0 Å². The van der Waals surface area contributed by atoms with Crippen molar-refractivity contribution in [3.63, 3.8) is 0 Å². The number of hydrogen-bond donors (Lipinski definition) is 1. The quantitative estimate of drug-likeness (QED) is 0.674. The van der Waals surface area contributed by atoms with E-state index in [4.69, 9.17) is 16.7 Å². The zero-order valence-electron chi connectivity index (χ0n) is 11.3. The summed E-state index contributed by atoms with van der Waals surface area (Å²) in [4.78, 5) is 19.7. The van der Waals surface area contributed by atoms with Crippen molar-refractivity contribution in [2.45, 2.75) is 25.3 Å². The third kappa shape index (κ3) is 3.84. The third-order valence-corrected chi connectivity index (χ3v) is 3.80. The van der Waals surface area contributed by atoms with E-state index in [2.05, 4.69) is 23.8 Å². The minimum Gasteiger partial charge on any atom is -0.481 e. The molecule has 0 saturated heterocycles. The van der Waals surface area contributed by atoms with Crippen molar-refractivity contribution >= 4 is 40.2 Å². The van der Waals surface area contributed by atoms with Gasteiger partial charge in [-0.15, -0.1) is 0 Å². The van der Waals surface area contributed by atoms with Crippen LogP contribution in [0.2, 0.25) is 5.02 Å². The Hall–Kier alpha value is -1.33. The summed E-state index contributed by atoms with van der Waals surface area (Å²) >= 11 is 7.21. The molecule has 1 aromatic heterocycles. The fourth-order valence-corrected chi connectivity index (χ4v) is 2.74. The zero-order chi connectivity index (χ0) is 14.7. The van der Waals surface area contributed by atoms with Gasteiger partial charge in [-0.2, -0.15) is 0 Å². The number of benzene rings is 1. The second-order valence-corrected chi connectivity index (χ2v) is 6.29. The zero-order valence-corrected chi connectivity index (χ0v) is 12.8. The molecule has 20 heavy (non-hydrogen) atoms. The van der Waals surface area contributed by atoms with E-state index >= 15 is 0 Å². The van der Waals surface area contributed by atoms with Crippen LogP contribution < -0.4 is 0 Å². The number of aromatic nitrogens is 2. The van der Waals surface area contributed by atoms with Crippen molar-refractivity contribution in [3.8, 4) is 0 Å². The second kappa shape index (κ2) is 6.41. The Labute approximate surface area is 126 Å². The molecule has 106 valence electrons. The molecule has 1 aromatic carbocycles. The summed E-state index contributed by atoms with van der Waals surface area (Å²) in [5, 5.41) is 11.0. The summed E-state index contributed by atoms with van der Waals surface area (Å²) in [6, 6.07) is 5.38. The van der Waals surface area contributed by atoms with E-state index in [0.717, 1.165) is 23.1 Å². The molecular formula is C14H15ClN2O2S. The maximum absolute atomic E-state index is 10.7. The first-order chi connectivity index (χ1) is 9.45. The molecule has 2 rings (SSSR count). The first-order valence-electron chi connectivity index (χ1n) is 6.26. The molecule has 0 aliphatic rings. The highest BCUT2D eigenvalue weighted by atomic mass is 35.5. The van der Waals surface area contributed by atoms with Crippen molar-refractivity contribution in [2.24, 2.45) is 5.92 Å². The Morgan fingerprint density at radius 2 is 2.15 bits per heavy atom. The summed E-state index contributed by atoms with van der Waals surface area (Å²) < 4.78 is 0. The number of nitrogens with zero attached hydrogens (tertiary/aromatic N) is 2. The van der Waals surface area contributed by atoms with Gasteiger partial charge in [-0.1, -0.05) is 37.2 Å². The summed E-state index contributed by atoms with van der Waals surface area (Å²) in [6.45, 7) is 4.19. The maximum Gasteiger partial charge on any atom is 0.313 e. The Morgan fingerprint density at radius 3 is 2.80 bits per heavy atom. The van der Waals surface area contributed by atoms with Gasteiger partial charge in [-0.05, 0) is 24.1 Å². The second-order valence-electron chi connectivity index (χ2n) is 4.89. The van der Waals surface area contributed by atoms with Gasteiger partial charge < -0.3 is 5.11 Å². The average molecular weight is 311 g/mol. The number of thioether (sulfide) groups is 1. The Bertz CT molecular complexity index is 646. The number of carboxylic acid groups (broad SMARTS) is 1. The predicted octanol–water partition coefficient (Wildman–Crippen LogP) is 3.66. The highest BCUT2D eigenvalue weighted by Gasteiger charge is 2.11. The maximum atomic E-state index is 10.7. The molecular weight excluding hydrogens is 296 g/mol. The lowest BCUT2D eigenvalue weighted by Crippen LogP contribution is -2.04. The molecule has 0 spiro atoms. The van der Waals surface area contributed by atoms with Gasteiger partial charge in [0.1, 0.15) is 10.9 Å². The molecule has 0 aliphatic heterocycles. The molecule has 1 N–H and O–H groups in total. The first-order valence-corrected chi connectivity index (χ1v) is 7.63. The lowest BCUT2D eigenvalue weighted by Gasteiger charge is -2.09. The van der Waals surface area contributed by atoms with Crippen LogP contribution in [0, 0.1) is 5.92 Å². The minimum absolute atomic E-state index is 0.0180. The smallest absolute Gasteiger partial charge is 0.313 e. The van der Waals surface area contributed by atoms with E-state index in [-0.39, 0.29) is 5.75 Å². The van der Waals surface area contributed by atoms with Crippen LogP contribution >= 0.6 is 23.4 Å². The minimum atomic E-state index is -0.860. The van der Waals surface area contributed by atoms with Crippen LogP contribution in [0.3, 0.4) is 0 Å². The van der Waals surface area contributed by atoms with Gasteiger partial charge in [0.25, 0.3) is 0 Å². The van der Waals surface area contributed by atoms with Gasteiger partial charge in [-0.25, -0.2) is 9.97 Å². The van der Waals surface area contributed by atoms with Crippen molar-refractivity contribution in [3.05, 3.63) is 29.0 Å². The summed E-state index contributed by atoms with van der Waals surface area (Å²) in [7, 11) is 0. The van der Waals surface area contributed by atoms with Gasteiger partial charge in [0.15, 0.2) is 0 Å². The van der Waals surface area contributed by atoms with Crippen LogP contribution in [0.1, 0.15) is 19.7 Å². The summed E-state index contributed by atoms with van der Waals surface area (Å²) in [6.07, 6.45) is 0.753. The number of fused-ring (bicyclic) bond motifs is 1. The Balaban J connectivity index is 2.47. The molecule has 0 aliphatic carbocycles. The number of carboxylic acids is 1. The molecule has 4 nitrogen and oxygen atoms in total. The standard InChI is InChI=1S/C14H15ClN2O2S/c1-8(2)5-12-16-11-6-9(15)3-4-10(11)14(17-12)20-7-13(18)19/h3-4,6,8H,5,7H2,1-2H3,(H,18,19). The molecule has 2 aromatic rings. The molecule has 6 heteroatoms. The van der Waals surface area contributed by atoms with Gasteiger partial charge in [0, 0.05) is 16.8 Å². The molecule has 0 bridgehead atoms. The monoisotopic (exact) mass is 310 g/mol. The van der Waals surface area contributed by atoms with E-state index < -0.39 is 5.97 Å². The number of aliphatic carboxylic acids is 1. The Morgan fingerprint density at radius 1 is 1.40 bits per heavy atom. The number of halogens is 1. The van der Waals surface area contributed by atoms with Crippen LogP contribution in [0.5, 0.6) is 0 Å². The van der Waals surface area contributed by atoms with Crippen LogP contribution in [-0.4, -0.2) is 26.8 Å². The molecule has 0 amide bonds. The average Bonchev–Trinajstić information content (AvgIpc) is 2.34. The lowest BCUT2D eigenvalue weighted by molar-refractivity contribution is -0.133. The molecule has 0 saturated carbocycles. The van der Waals surface area contributed by atoms with Crippen molar-refractivity contribution in [1.29, 1.82) is 0 Å². The normalized spacial score (nSPS) is 11.2. The first kappa shape index (κ1) is 15.1. The molecule has 0 fully saturated rings. The van der Waals surface area contributed by atoms with E-state index in [1.54, 1.807) is 12.1 Å². The number of carbonyl (C=O) groups is 1. The van der Waals surface area contributed by atoms with Crippen molar-refractivity contribution in [1.82, 2.24) is 9.97 Å². The van der Waals surface area contributed by atoms with Gasteiger partial charge in [0.05, 0.1) is 11.3 Å². The topological polar surface area (TPSA) is 63.1 Å². The van der Waals surface area contributed by atoms with Crippen LogP contribution in [0.15, 0.2) is 23.2 Å². The summed E-state index contributed by atoms with van der Waals surface area (Å²) in [5.74, 6) is 0.281. The molecule has 0 atom stereocenters. The van der Waals surface area contributed by atoms with Crippen LogP contribution in [0.4, 0.5) is 0 Å². The predicted molar refractivity (Wildman–Crippen MR) is 81.4 cm³/mol. The van der Waals surface area contributed by atoms with Crippen LogP contribution in [-0.2, 0) is 11.2 Å². The highest BCUT2D eigenvalue weighted by molar-refractivity contribution is 8.00. The molecule has 1 heterocycles. The van der Waals surface area contributed by atoms with Crippen molar-refractivity contribution < 1.29 is 9.90 Å². The molecule has 0 radical (unpaired) electrons. The largest absolute Gasteiger partial charge is 0.481 e. The fourth-order valence-electron chi connectivity index (χ4n) is 1.82. The van der Waals surface area contributed by atoms with Crippen LogP contribution in [0.25, 0.3) is 10.9 Å². The fraction of sp³-hybridized carbons (Fsp3) is 0.357. The van der Waals surface area contributed by atoms with E-state index in [0.29, 0.717) is 16.0 Å². The summed E-state index contributed by atoms with van der Waals surface area (Å²) in [5.41, 5.74) is 0.760. The third-order valence-electron chi connectivity index (χ3n) is 2.59. The highest BCUT2D eigenvalue weighted by Crippen LogP contribution is 2.27. The lowest BCUT2D eigenvalue weighted by atomic mass is 10.1.